The van der Waals surface area contributed by atoms with Crippen LogP contribution in [-0.2, 0) is 15.1 Å². The first-order chi connectivity index (χ1) is 10.2. The first-order valence-corrected chi connectivity index (χ1v) is 8.58. The molecule has 0 spiro atoms. The van der Waals surface area contributed by atoms with Crippen LogP contribution >= 0.6 is 23.1 Å². The van der Waals surface area contributed by atoms with E-state index in [9.17, 15) is 4.79 Å². The molecule has 0 aliphatic heterocycles. The minimum atomic E-state index is -0.791. The molecule has 0 fully saturated rings. The molecule has 0 saturated heterocycles. The third-order valence-electron chi connectivity index (χ3n) is 3.44. The van der Waals surface area contributed by atoms with Gasteiger partial charge in [0.1, 0.15) is 5.54 Å². The lowest BCUT2D eigenvalue weighted by Gasteiger charge is -2.31. The number of rotatable bonds is 7. The molecule has 0 bridgehead atoms. The number of carbonyl (C=O) groups excluding carboxylic acids is 1. The first kappa shape index (κ1) is 16.1. The molecule has 2 rings (SSSR count). The quantitative estimate of drug-likeness (QED) is 0.625. The molecule has 3 nitrogen and oxygen atoms in total. The Hall–Kier alpha value is -1.30. The molecular formula is C16H19NO2S2. The monoisotopic (exact) mass is 321 g/mol. The Balaban J connectivity index is 2.17. The maximum absolute atomic E-state index is 12.4. The molecule has 0 amide bonds. The highest BCUT2D eigenvalue weighted by Crippen LogP contribution is 2.31. The van der Waals surface area contributed by atoms with Crippen molar-refractivity contribution in [1.82, 2.24) is 5.32 Å². The van der Waals surface area contributed by atoms with Gasteiger partial charge in [0, 0.05) is 5.75 Å². The van der Waals surface area contributed by atoms with Crippen LogP contribution in [0.4, 0.5) is 0 Å². The van der Waals surface area contributed by atoms with Crippen molar-refractivity contribution >= 4 is 29.1 Å². The summed E-state index contributed by atoms with van der Waals surface area (Å²) in [6, 6.07) is 13.9. The first-order valence-electron chi connectivity index (χ1n) is 6.72. The highest BCUT2D eigenvalue weighted by molar-refractivity contribution is 8.01. The Morgan fingerprint density at radius 2 is 2.05 bits per heavy atom. The Morgan fingerprint density at radius 1 is 1.29 bits per heavy atom. The van der Waals surface area contributed by atoms with E-state index >= 15 is 0 Å². The van der Waals surface area contributed by atoms with E-state index in [1.807, 2.05) is 36.4 Å². The molecule has 0 aliphatic carbocycles. The Labute approximate surface area is 133 Å². The largest absolute Gasteiger partial charge is 0.467 e. The van der Waals surface area contributed by atoms with Gasteiger partial charge in [-0.25, -0.2) is 4.79 Å². The van der Waals surface area contributed by atoms with Gasteiger partial charge in [0.2, 0.25) is 0 Å². The number of ether oxygens (including phenoxy) is 1. The van der Waals surface area contributed by atoms with Gasteiger partial charge in [0.25, 0.3) is 0 Å². The fourth-order valence-electron chi connectivity index (χ4n) is 2.28. The van der Waals surface area contributed by atoms with Crippen molar-refractivity contribution in [2.75, 3.05) is 19.9 Å². The lowest BCUT2D eigenvalue weighted by Crippen LogP contribution is -2.48. The van der Waals surface area contributed by atoms with Gasteiger partial charge in [-0.05, 0) is 30.5 Å². The van der Waals surface area contributed by atoms with Crippen LogP contribution in [0.3, 0.4) is 0 Å². The van der Waals surface area contributed by atoms with Gasteiger partial charge in [0.15, 0.2) is 0 Å². The number of thioether (sulfide) groups is 1. The van der Waals surface area contributed by atoms with Gasteiger partial charge in [-0.15, -0.1) is 23.1 Å². The molecule has 5 heteroatoms. The number of thiophene rings is 1. The summed E-state index contributed by atoms with van der Waals surface area (Å²) < 4.78 is 6.30. The minimum absolute atomic E-state index is 0.247. The molecule has 1 N–H and O–H groups in total. The van der Waals surface area contributed by atoms with Gasteiger partial charge in [0.05, 0.1) is 11.3 Å². The van der Waals surface area contributed by atoms with Crippen LogP contribution in [0.15, 0.2) is 52.1 Å². The van der Waals surface area contributed by atoms with Crippen LogP contribution in [0.2, 0.25) is 0 Å². The van der Waals surface area contributed by atoms with E-state index in [2.05, 4.69) is 16.8 Å². The number of nitrogens with one attached hydrogen (secondary N) is 1. The lowest BCUT2D eigenvalue weighted by molar-refractivity contribution is -0.149. The third-order valence-corrected chi connectivity index (χ3v) is 5.58. The van der Waals surface area contributed by atoms with Gasteiger partial charge >= 0.3 is 5.97 Å². The zero-order valence-corrected chi connectivity index (χ0v) is 13.8. The highest BCUT2D eigenvalue weighted by Gasteiger charge is 2.39. The second-order valence-electron chi connectivity index (χ2n) is 4.54. The van der Waals surface area contributed by atoms with E-state index in [1.54, 1.807) is 30.1 Å². The molecule has 21 heavy (non-hydrogen) atoms. The minimum Gasteiger partial charge on any atom is -0.467 e. The number of carbonyl (C=O) groups is 1. The maximum Gasteiger partial charge on any atom is 0.330 e. The van der Waals surface area contributed by atoms with Crippen molar-refractivity contribution in [3.8, 4) is 0 Å². The second kappa shape index (κ2) is 7.64. The number of benzene rings is 1. The zero-order valence-electron chi connectivity index (χ0n) is 12.2. The van der Waals surface area contributed by atoms with E-state index in [1.165, 1.54) is 11.3 Å². The molecule has 1 aromatic carbocycles. The number of esters is 1. The van der Waals surface area contributed by atoms with Gasteiger partial charge < -0.3 is 10.1 Å². The van der Waals surface area contributed by atoms with Crippen LogP contribution in [0.5, 0.6) is 0 Å². The standard InChI is InChI=1S/C16H19NO2S2/c1-17-16(15(18)19-2,13-7-4-3-5-8-13)10-12-21-14-9-6-11-20-14/h3-9,11,17H,10,12H2,1-2H3. The molecule has 1 unspecified atom stereocenters. The Kier molecular flexibility index (Phi) is 5.85. The number of hydrogen-bond acceptors (Lipinski definition) is 5. The van der Waals surface area contributed by atoms with E-state index in [-0.39, 0.29) is 5.97 Å². The highest BCUT2D eigenvalue weighted by atomic mass is 32.2. The van der Waals surface area contributed by atoms with Crippen LogP contribution < -0.4 is 5.32 Å². The number of methoxy groups -OCH3 is 1. The summed E-state index contributed by atoms with van der Waals surface area (Å²) >= 11 is 3.48. The molecule has 0 radical (unpaired) electrons. The normalized spacial score (nSPS) is 13.6. The summed E-state index contributed by atoms with van der Waals surface area (Å²) in [5, 5.41) is 5.24. The van der Waals surface area contributed by atoms with Gasteiger partial charge in [-0.1, -0.05) is 36.4 Å². The van der Waals surface area contributed by atoms with Gasteiger partial charge in [-0.3, -0.25) is 0 Å². The van der Waals surface area contributed by atoms with Crippen LogP contribution in [0.1, 0.15) is 12.0 Å². The lowest BCUT2D eigenvalue weighted by atomic mass is 9.87. The molecule has 1 aromatic heterocycles. The van der Waals surface area contributed by atoms with Crippen molar-refractivity contribution in [3.63, 3.8) is 0 Å². The molecule has 2 aromatic rings. The van der Waals surface area contributed by atoms with Crippen molar-refractivity contribution < 1.29 is 9.53 Å². The van der Waals surface area contributed by atoms with Gasteiger partial charge in [-0.2, -0.15) is 0 Å². The predicted molar refractivity (Wildman–Crippen MR) is 88.9 cm³/mol. The molecule has 1 atom stereocenters. The summed E-state index contributed by atoms with van der Waals surface area (Å²) in [5.41, 5.74) is 0.145. The van der Waals surface area contributed by atoms with Crippen LogP contribution in [0.25, 0.3) is 0 Å². The van der Waals surface area contributed by atoms with E-state index < -0.39 is 5.54 Å². The van der Waals surface area contributed by atoms with Crippen molar-refractivity contribution in [2.45, 2.75) is 16.2 Å². The maximum atomic E-state index is 12.4. The topological polar surface area (TPSA) is 38.3 Å². The molecule has 1 heterocycles. The zero-order chi connectivity index (χ0) is 15.1. The average Bonchev–Trinajstić information content (AvgIpc) is 3.05. The summed E-state index contributed by atoms with van der Waals surface area (Å²) in [6.45, 7) is 0. The smallest absolute Gasteiger partial charge is 0.330 e. The number of hydrogen-bond donors (Lipinski definition) is 1. The Bertz CT molecular complexity index is 557. The van der Waals surface area contributed by atoms with Crippen molar-refractivity contribution in [2.24, 2.45) is 0 Å². The molecule has 0 aliphatic rings. The summed E-state index contributed by atoms with van der Waals surface area (Å²) in [6.07, 6.45) is 0.669. The summed E-state index contributed by atoms with van der Waals surface area (Å²) in [4.78, 5) is 12.4. The third kappa shape index (κ3) is 3.67. The molecule has 112 valence electrons. The molecule has 0 saturated carbocycles. The van der Waals surface area contributed by atoms with Crippen molar-refractivity contribution in [1.29, 1.82) is 0 Å². The predicted octanol–water partition coefficient (Wildman–Crippen LogP) is 3.52. The van der Waals surface area contributed by atoms with Crippen LogP contribution in [0, 0.1) is 0 Å². The second-order valence-corrected chi connectivity index (χ2v) is 6.89. The Morgan fingerprint density at radius 3 is 2.62 bits per heavy atom. The number of likely N-dealkylation sites (N-methyl/N-ethyl adjacent to an activating group) is 1. The SMILES string of the molecule is CNC(CCSc1cccs1)(C(=O)OC)c1ccccc1. The summed E-state index contributed by atoms with van der Waals surface area (Å²) in [7, 11) is 3.24. The summed E-state index contributed by atoms with van der Waals surface area (Å²) in [5.74, 6) is 0.591. The van der Waals surface area contributed by atoms with E-state index in [0.29, 0.717) is 6.42 Å². The fraction of sp³-hybridized carbons (Fsp3) is 0.312. The van der Waals surface area contributed by atoms with Crippen molar-refractivity contribution in [3.05, 3.63) is 53.4 Å². The molecular weight excluding hydrogens is 302 g/mol. The van der Waals surface area contributed by atoms with E-state index in [0.717, 1.165) is 11.3 Å². The van der Waals surface area contributed by atoms with E-state index in [4.69, 9.17) is 4.74 Å². The van der Waals surface area contributed by atoms with Crippen LogP contribution in [-0.4, -0.2) is 25.9 Å². The fourth-order valence-corrected chi connectivity index (χ4v) is 4.20. The average molecular weight is 321 g/mol.